The minimum atomic E-state index is -1.06. The third-order valence-electron chi connectivity index (χ3n) is 2.43. The molecule has 1 rings (SSSR count). The van der Waals surface area contributed by atoms with E-state index in [9.17, 15) is 9.59 Å². The SMILES string of the molecule is CC(C)(C)OC(=O)N[C@@H](Cl)C(=O)CCc1ccccc1. The number of nitrogens with one attached hydrogen (secondary N) is 1. The number of alkyl halides is 1. The van der Waals surface area contributed by atoms with Gasteiger partial charge in [-0.1, -0.05) is 41.9 Å². The van der Waals surface area contributed by atoms with Crippen LogP contribution in [-0.4, -0.2) is 23.0 Å². The van der Waals surface area contributed by atoms with Crippen LogP contribution in [0, 0.1) is 0 Å². The van der Waals surface area contributed by atoms with Crippen LogP contribution in [0.5, 0.6) is 0 Å². The predicted molar refractivity (Wildman–Crippen MR) is 78.8 cm³/mol. The minimum Gasteiger partial charge on any atom is -0.444 e. The van der Waals surface area contributed by atoms with E-state index in [1.54, 1.807) is 20.8 Å². The smallest absolute Gasteiger partial charge is 0.409 e. The number of hydrogen-bond acceptors (Lipinski definition) is 3. The highest BCUT2D eigenvalue weighted by atomic mass is 35.5. The summed E-state index contributed by atoms with van der Waals surface area (Å²) in [6.45, 7) is 5.23. The average Bonchev–Trinajstić information content (AvgIpc) is 2.34. The highest BCUT2D eigenvalue weighted by Gasteiger charge is 2.22. The first-order valence-electron chi connectivity index (χ1n) is 6.48. The lowest BCUT2D eigenvalue weighted by Crippen LogP contribution is -2.40. The number of ketones is 1. The Labute approximate surface area is 124 Å². The lowest BCUT2D eigenvalue weighted by atomic mass is 10.1. The molecule has 0 aliphatic heterocycles. The molecule has 0 heterocycles. The van der Waals surface area contributed by atoms with Crippen molar-refractivity contribution in [2.75, 3.05) is 0 Å². The summed E-state index contributed by atoms with van der Waals surface area (Å²) in [5.41, 5.74) is -0.621. The number of ether oxygens (including phenoxy) is 1. The van der Waals surface area contributed by atoms with E-state index < -0.39 is 17.2 Å². The van der Waals surface area contributed by atoms with E-state index in [4.69, 9.17) is 16.3 Å². The fourth-order valence-corrected chi connectivity index (χ4v) is 1.73. The molecular formula is C15H20ClNO3. The molecule has 5 heteroatoms. The maximum absolute atomic E-state index is 11.8. The molecular weight excluding hydrogens is 278 g/mol. The Morgan fingerprint density at radius 1 is 1.25 bits per heavy atom. The Kier molecular flexibility index (Phi) is 6.02. The van der Waals surface area contributed by atoms with Crippen molar-refractivity contribution in [1.82, 2.24) is 5.32 Å². The number of benzene rings is 1. The second-order valence-electron chi connectivity index (χ2n) is 5.46. The van der Waals surface area contributed by atoms with E-state index in [0.717, 1.165) is 5.56 Å². The van der Waals surface area contributed by atoms with Crippen LogP contribution in [0.4, 0.5) is 4.79 Å². The van der Waals surface area contributed by atoms with Gasteiger partial charge in [-0.3, -0.25) is 10.1 Å². The third-order valence-corrected chi connectivity index (χ3v) is 2.78. The molecule has 1 aromatic rings. The highest BCUT2D eigenvalue weighted by Crippen LogP contribution is 2.09. The minimum absolute atomic E-state index is 0.235. The van der Waals surface area contributed by atoms with Crippen molar-refractivity contribution in [2.45, 2.75) is 44.7 Å². The van der Waals surface area contributed by atoms with Crippen LogP contribution in [0.1, 0.15) is 32.8 Å². The zero-order valence-electron chi connectivity index (χ0n) is 12.0. The van der Waals surface area contributed by atoms with Crippen molar-refractivity contribution >= 4 is 23.5 Å². The van der Waals surface area contributed by atoms with Crippen LogP contribution in [0.25, 0.3) is 0 Å². The predicted octanol–water partition coefficient (Wildman–Crippen LogP) is 3.28. The maximum Gasteiger partial charge on any atom is 0.409 e. The second-order valence-corrected chi connectivity index (χ2v) is 5.90. The van der Waals surface area contributed by atoms with Gasteiger partial charge in [0.1, 0.15) is 5.60 Å². The van der Waals surface area contributed by atoms with E-state index in [1.165, 1.54) is 0 Å². The molecule has 0 saturated heterocycles. The highest BCUT2D eigenvalue weighted by molar-refractivity contribution is 6.31. The van der Waals surface area contributed by atoms with E-state index in [2.05, 4.69) is 5.32 Å². The van der Waals surface area contributed by atoms with Gasteiger partial charge in [-0.15, -0.1) is 0 Å². The number of amides is 1. The van der Waals surface area contributed by atoms with Crippen molar-refractivity contribution < 1.29 is 14.3 Å². The van der Waals surface area contributed by atoms with Crippen LogP contribution < -0.4 is 5.32 Å². The van der Waals surface area contributed by atoms with Gasteiger partial charge in [-0.25, -0.2) is 4.79 Å². The molecule has 0 aliphatic carbocycles. The maximum atomic E-state index is 11.8. The van der Waals surface area contributed by atoms with Crippen LogP contribution >= 0.6 is 11.6 Å². The van der Waals surface area contributed by atoms with Gasteiger partial charge in [-0.2, -0.15) is 0 Å². The molecule has 0 saturated carbocycles. The molecule has 20 heavy (non-hydrogen) atoms. The van der Waals surface area contributed by atoms with E-state index in [-0.39, 0.29) is 12.2 Å². The van der Waals surface area contributed by atoms with Crippen molar-refractivity contribution in [1.29, 1.82) is 0 Å². The molecule has 0 aromatic heterocycles. The molecule has 110 valence electrons. The van der Waals surface area contributed by atoms with E-state index >= 15 is 0 Å². The van der Waals surface area contributed by atoms with Gasteiger partial charge >= 0.3 is 6.09 Å². The molecule has 0 spiro atoms. The third kappa shape index (κ3) is 6.57. The summed E-state index contributed by atoms with van der Waals surface area (Å²) >= 11 is 5.86. The van der Waals surface area contributed by atoms with Crippen LogP contribution in [0.3, 0.4) is 0 Å². The molecule has 1 amide bonds. The van der Waals surface area contributed by atoms with Crippen LogP contribution in [0.2, 0.25) is 0 Å². The summed E-state index contributed by atoms with van der Waals surface area (Å²) in [6, 6.07) is 9.63. The Morgan fingerprint density at radius 3 is 2.40 bits per heavy atom. The van der Waals surface area contributed by atoms with Gasteiger partial charge in [-0.05, 0) is 32.8 Å². The molecule has 1 aromatic carbocycles. The summed E-state index contributed by atoms with van der Waals surface area (Å²) in [4.78, 5) is 23.3. The zero-order chi connectivity index (χ0) is 15.2. The lowest BCUT2D eigenvalue weighted by molar-refractivity contribution is -0.119. The summed E-state index contributed by atoms with van der Waals surface area (Å²) in [5.74, 6) is -0.235. The number of carbonyl (C=O) groups excluding carboxylic acids is 2. The first kappa shape index (κ1) is 16.5. The summed E-state index contributed by atoms with van der Waals surface area (Å²) in [5, 5.41) is 2.33. The first-order valence-corrected chi connectivity index (χ1v) is 6.92. The molecule has 4 nitrogen and oxygen atoms in total. The quantitative estimate of drug-likeness (QED) is 0.670. The van der Waals surface area contributed by atoms with E-state index in [1.807, 2.05) is 30.3 Å². The van der Waals surface area contributed by atoms with Crippen molar-refractivity contribution in [3.05, 3.63) is 35.9 Å². The number of halogens is 1. The van der Waals surface area contributed by atoms with E-state index in [0.29, 0.717) is 6.42 Å². The number of rotatable bonds is 5. The van der Waals surface area contributed by atoms with Gasteiger partial charge < -0.3 is 4.74 Å². The average molecular weight is 298 g/mol. The fourth-order valence-electron chi connectivity index (χ4n) is 1.53. The number of hydrogen-bond donors (Lipinski definition) is 1. The van der Waals surface area contributed by atoms with Gasteiger partial charge in [0.25, 0.3) is 0 Å². The Morgan fingerprint density at radius 2 is 1.85 bits per heavy atom. The molecule has 0 radical (unpaired) electrons. The summed E-state index contributed by atoms with van der Waals surface area (Å²) in [7, 11) is 0. The molecule has 0 bridgehead atoms. The van der Waals surface area contributed by atoms with Crippen LogP contribution in [-0.2, 0) is 16.0 Å². The molecule has 1 atom stereocenters. The summed E-state index contributed by atoms with van der Waals surface area (Å²) in [6.07, 6.45) is 0.179. The number of Topliss-reactive ketones (excluding diaryl/α,β-unsaturated/α-hetero) is 1. The Balaban J connectivity index is 2.38. The largest absolute Gasteiger partial charge is 0.444 e. The Bertz CT molecular complexity index is 454. The van der Waals surface area contributed by atoms with Crippen molar-refractivity contribution in [3.8, 4) is 0 Å². The summed E-state index contributed by atoms with van der Waals surface area (Å²) < 4.78 is 5.03. The van der Waals surface area contributed by atoms with Gasteiger partial charge in [0.05, 0.1) is 0 Å². The number of aryl methyl sites for hydroxylation is 1. The monoisotopic (exact) mass is 297 g/mol. The molecule has 0 fully saturated rings. The first-order chi connectivity index (χ1) is 9.28. The number of carbonyl (C=O) groups is 2. The molecule has 1 N–H and O–H groups in total. The normalized spacial score (nSPS) is 12.6. The Hall–Kier alpha value is -1.55. The van der Waals surface area contributed by atoms with Gasteiger partial charge in [0.15, 0.2) is 11.3 Å². The second kappa shape index (κ2) is 7.29. The molecule has 0 aliphatic rings. The lowest BCUT2D eigenvalue weighted by Gasteiger charge is -2.20. The van der Waals surface area contributed by atoms with Crippen molar-refractivity contribution in [3.63, 3.8) is 0 Å². The van der Waals surface area contributed by atoms with Crippen LogP contribution in [0.15, 0.2) is 30.3 Å². The zero-order valence-corrected chi connectivity index (χ0v) is 12.7. The van der Waals surface area contributed by atoms with Gasteiger partial charge in [0, 0.05) is 6.42 Å². The standard InChI is InChI=1S/C15H20ClNO3/c1-15(2,3)20-14(19)17-13(16)12(18)10-9-11-7-5-4-6-8-11/h4-8,13H,9-10H2,1-3H3,(H,17,19)/t13-/m1/s1. The van der Waals surface area contributed by atoms with Gasteiger partial charge in [0.2, 0.25) is 0 Å². The molecule has 0 unspecified atom stereocenters. The topological polar surface area (TPSA) is 55.4 Å². The number of alkyl carbamates (subject to hydrolysis) is 1. The fraction of sp³-hybridized carbons (Fsp3) is 0.467. The van der Waals surface area contributed by atoms with Crippen molar-refractivity contribution in [2.24, 2.45) is 0 Å².